The molecule has 5 nitrogen and oxygen atoms in total. The maximum Gasteiger partial charge on any atom is 0.141 e. The number of rotatable bonds is 3. The second kappa shape index (κ2) is 5.69. The molecule has 2 N–H and O–H groups in total. The quantitative estimate of drug-likeness (QED) is 0.752. The van der Waals surface area contributed by atoms with Crippen LogP contribution >= 0.6 is 11.6 Å². The molecule has 3 aromatic rings. The molecule has 0 radical (unpaired) electrons. The number of nitrogens with zero attached hydrogens (tertiary/aromatic N) is 3. The Labute approximate surface area is 133 Å². The van der Waals surface area contributed by atoms with Crippen LogP contribution in [0.4, 0.5) is 5.69 Å². The topological polar surface area (TPSA) is 66.0 Å². The van der Waals surface area contributed by atoms with E-state index in [0.29, 0.717) is 16.5 Å². The average molecular weight is 315 g/mol. The van der Waals surface area contributed by atoms with Gasteiger partial charge >= 0.3 is 0 Å². The van der Waals surface area contributed by atoms with E-state index in [4.69, 9.17) is 22.1 Å². The van der Waals surface area contributed by atoms with Gasteiger partial charge in [0, 0.05) is 10.6 Å². The van der Waals surface area contributed by atoms with Crippen molar-refractivity contribution < 1.29 is 4.74 Å². The zero-order valence-corrected chi connectivity index (χ0v) is 13.0. The van der Waals surface area contributed by atoms with Crippen molar-refractivity contribution in [3.05, 3.63) is 53.2 Å². The lowest BCUT2D eigenvalue weighted by Gasteiger charge is -2.06. The van der Waals surface area contributed by atoms with Crippen LogP contribution in [0.3, 0.4) is 0 Å². The highest BCUT2D eigenvalue weighted by molar-refractivity contribution is 6.30. The van der Waals surface area contributed by atoms with Gasteiger partial charge in [0.2, 0.25) is 0 Å². The van der Waals surface area contributed by atoms with Gasteiger partial charge < -0.3 is 10.5 Å². The number of nitrogen functional groups attached to an aromatic ring is 1. The van der Waals surface area contributed by atoms with E-state index in [-0.39, 0.29) is 0 Å². The molecule has 112 valence electrons. The van der Waals surface area contributed by atoms with E-state index in [2.05, 4.69) is 10.3 Å². The number of methoxy groups -OCH3 is 1. The number of hydrogen-bond acceptors (Lipinski definition) is 4. The molecule has 0 fully saturated rings. The van der Waals surface area contributed by atoms with Gasteiger partial charge in [-0.1, -0.05) is 22.9 Å². The number of aryl methyl sites for hydroxylation is 1. The molecule has 0 saturated carbocycles. The predicted octanol–water partition coefficient (Wildman–Crippen LogP) is 3.49. The third-order valence-electron chi connectivity index (χ3n) is 3.45. The van der Waals surface area contributed by atoms with Gasteiger partial charge in [0.15, 0.2) is 0 Å². The second-order valence-corrected chi connectivity index (χ2v) is 5.37. The molecule has 0 aliphatic heterocycles. The molecule has 0 spiro atoms. The summed E-state index contributed by atoms with van der Waals surface area (Å²) in [7, 11) is 1.58. The molecule has 22 heavy (non-hydrogen) atoms. The normalized spacial score (nSPS) is 10.7. The third kappa shape index (κ3) is 2.63. The second-order valence-electron chi connectivity index (χ2n) is 4.93. The molecule has 0 aliphatic rings. The highest BCUT2D eigenvalue weighted by atomic mass is 35.5. The van der Waals surface area contributed by atoms with Crippen molar-refractivity contribution in [2.75, 3.05) is 12.8 Å². The number of aromatic nitrogens is 3. The monoisotopic (exact) mass is 314 g/mol. The molecule has 1 heterocycles. The molecular weight excluding hydrogens is 300 g/mol. The minimum Gasteiger partial charge on any atom is -0.495 e. The van der Waals surface area contributed by atoms with Gasteiger partial charge in [-0.15, -0.1) is 5.10 Å². The summed E-state index contributed by atoms with van der Waals surface area (Å²) in [5, 5.41) is 9.05. The van der Waals surface area contributed by atoms with Crippen molar-refractivity contribution in [1.29, 1.82) is 0 Å². The van der Waals surface area contributed by atoms with Crippen LogP contribution in [0.5, 0.6) is 5.75 Å². The van der Waals surface area contributed by atoms with Gasteiger partial charge in [0.25, 0.3) is 0 Å². The molecule has 0 bridgehead atoms. The van der Waals surface area contributed by atoms with Crippen molar-refractivity contribution in [3.63, 3.8) is 0 Å². The standard InChI is InChI=1S/C16H15ClN4O/c1-10-3-4-11(17)7-13(10)15-9-21(20-19-15)12-5-6-16(22-2)14(18)8-12/h3-9H,18H2,1-2H3. The van der Waals surface area contributed by atoms with Crippen molar-refractivity contribution in [2.24, 2.45) is 0 Å². The lowest BCUT2D eigenvalue weighted by atomic mass is 10.1. The minimum absolute atomic E-state index is 0.552. The minimum atomic E-state index is 0.552. The SMILES string of the molecule is COc1ccc(-n2cc(-c3cc(Cl)ccc3C)nn2)cc1N. The Balaban J connectivity index is 2.00. The van der Waals surface area contributed by atoms with Crippen LogP contribution < -0.4 is 10.5 Å². The Hall–Kier alpha value is -2.53. The molecular formula is C16H15ClN4O. The molecule has 0 saturated heterocycles. The Bertz CT molecular complexity index is 829. The number of benzene rings is 2. The zero-order valence-electron chi connectivity index (χ0n) is 12.2. The van der Waals surface area contributed by atoms with Crippen LogP contribution in [0, 0.1) is 6.92 Å². The molecule has 0 amide bonds. The van der Waals surface area contributed by atoms with E-state index in [1.165, 1.54) is 0 Å². The molecule has 0 unspecified atom stereocenters. The van der Waals surface area contributed by atoms with Gasteiger partial charge in [0.05, 0.1) is 24.7 Å². The number of halogens is 1. The fourth-order valence-electron chi connectivity index (χ4n) is 2.25. The van der Waals surface area contributed by atoms with Gasteiger partial charge in [-0.05, 0) is 42.8 Å². The highest BCUT2D eigenvalue weighted by Gasteiger charge is 2.10. The number of hydrogen-bond donors (Lipinski definition) is 1. The number of nitrogens with two attached hydrogens (primary N) is 1. The van der Waals surface area contributed by atoms with Gasteiger partial charge in [-0.2, -0.15) is 0 Å². The summed E-state index contributed by atoms with van der Waals surface area (Å²) in [6, 6.07) is 11.2. The van der Waals surface area contributed by atoms with Crippen molar-refractivity contribution >= 4 is 17.3 Å². The first-order chi connectivity index (χ1) is 10.6. The van der Waals surface area contributed by atoms with Crippen molar-refractivity contribution in [2.45, 2.75) is 6.92 Å². The first kappa shape index (κ1) is 14.4. The lowest BCUT2D eigenvalue weighted by molar-refractivity contribution is 0.417. The average Bonchev–Trinajstić information content (AvgIpc) is 2.99. The summed E-state index contributed by atoms with van der Waals surface area (Å²) < 4.78 is 6.83. The molecule has 2 aromatic carbocycles. The smallest absolute Gasteiger partial charge is 0.141 e. The summed E-state index contributed by atoms with van der Waals surface area (Å²) in [6.07, 6.45) is 1.85. The van der Waals surface area contributed by atoms with Crippen LogP contribution in [0.25, 0.3) is 16.9 Å². The van der Waals surface area contributed by atoms with Gasteiger partial charge in [-0.3, -0.25) is 0 Å². The van der Waals surface area contributed by atoms with Gasteiger partial charge in [-0.25, -0.2) is 4.68 Å². The maximum atomic E-state index is 6.06. The van der Waals surface area contributed by atoms with E-state index in [0.717, 1.165) is 22.5 Å². The van der Waals surface area contributed by atoms with Crippen LogP contribution in [-0.2, 0) is 0 Å². The fraction of sp³-hybridized carbons (Fsp3) is 0.125. The van der Waals surface area contributed by atoms with E-state index in [1.54, 1.807) is 23.9 Å². The Morgan fingerprint density at radius 3 is 2.73 bits per heavy atom. The van der Waals surface area contributed by atoms with E-state index in [9.17, 15) is 0 Å². The van der Waals surface area contributed by atoms with Gasteiger partial charge in [0.1, 0.15) is 11.4 Å². The van der Waals surface area contributed by atoms with E-state index in [1.807, 2.05) is 37.4 Å². The first-order valence-electron chi connectivity index (χ1n) is 6.71. The number of ether oxygens (including phenoxy) is 1. The lowest BCUT2D eigenvalue weighted by Crippen LogP contribution is -1.98. The summed E-state index contributed by atoms with van der Waals surface area (Å²) in [6.45, 7) is 2.01. The third-order valence-corrected chi connectivity index (χ3v) is 3.68. The van der Waals surface area contributed by atoms with E-state index >= 15 is 0 Å². The van der Waals surface area contributed by atoms with E-state index < -0.39 is 0 Å². The molecule has 0 atom stereocenters. The fourth-order valence-corrected chi connectivity index (χ4v) is 2.42. The van der Waals surface area contributed by atoms with Crippen molar-refractivity contribution in [3.8, 4) is 22.7 Å². The van der Waals surface area contributed by atoms with Crippen molar-refractivity contribution in [1.82, 2.24) is 15.0 Å². The summed E-state index contributed by atoms with van der Waals surface area (Å²) in [4.78, 5) is 0. The Kier molecular flexibility index (Phi) is 3.73. The molecule has 0 aliphatic carbocycles. The maximum absolute atomic E-state index is 6.06. The molecule has 6 heteroatoms. The molecule has 3 rings (SSSR count). The summed E-state index contributed by atoms with van der Waals surface area (Å²) in [5.41, 5.74) is 10.1. The van der Waals surface area contributed by atoms with Crippen LogP contribution in [-0.4, -0.2) is 22.1 Å². The van der Waals surface area contributed by atoms with Crippen LogP contribution in [0.2, 0.25) is 5.02 Å². The van der Waals surface area contributed by atoms with Crippen LogP contribution in [0.15, 0.2) is 42.6 Å². The zero-order chi connectivity index (χ0) is 15.7. The Morgan fingerprint density at radius 2 is 2.00 bits per heavy atom. The Morgan fingerprint density at radius 1 is 1.18 bits per heavy atom. The largest absolute Gasteiger partial charge is 0.495 e. The number of anilines is 1. The summed E-state index contributed by atoms with van der Waals surface area (Å²) in [5.74, 6) is 0.634. The van der Waals surface area contributed by atoms with Crippen LogP contribution in [0.1, 0.15) is 5.56 Å². The predicted molar refractivity (Wildman–Crippen MR) is 87.5 cm³/mol. The first-order valence-corrected chi connectivity index (χ1v) is 7.09. The highest BCUT2D eigenvalue weighted by Crippen LogP contribution is 2.27. The molecule has 1 aromatic heterocycles. The summed E-state index contributed by atoms with van der Waals surface area (Å²) >= 11 is 6.06.